The summed E-state index contributed by atoms with van der Waals surface area (Å²) in [6, 6.07) is 3.42. The van der Waals surface area contributed by atoms with Gasteiger partial charge in [0, 0.05) is 53.8 Å². The number of anilines is 1. The molecule has 0 saturated carbocycles. The van der Waals surface area contributed by atoms with E-state index in [2.05, 4.69) is 30.9 Å². The maximum absolute atomic E-state index is 14.0. The number of aromatic nitrogens is 3. The van der Waals surface area contributed by atoms with Crippen molar-refractivity contribution in [2.24, 2.45) is 0 Å². The zero-order chi connectivity index (χ0) is 26.4. The molecular formula is C25H30F3N6O2P. The largest absolute Gasteiger partial charge is 0.419 e. The summed E-state index contributed by atoms with van der Waals surface area (Å²) in [7, 11) is -3.01. The molecule has 2 atom stereocenters. The van der Waals surface area contributed by atoms with Crippen molar-refractivity contribution in [1.29, 1.82) is 0 Å². The van der Waals surface area contributed by atoms with E-state index in [-0.39, 0.29) is 34.7 Å². The van der Waals surface area contributed by atoms with E-state index in [1.54, 1.807) is 19.4 Å². The first kappa shape index (κ1) is 25.7. The number of benzene rings is 1. The van der Waals surface area contributed by atoms with Gasteiger partial charge in [-0.1, -0.05) is 18.9 Å². The highest BCUT2D eigenvalue weighted by Gasteiger charge is 2.37. The lowest BCUT2D eigenvalue weighted by Crippen LogP contribution is -2.29. The average Bonchev–Trinajstić information content (AvgIpc) is 3.45. The van der Waals surface area contributed by atoms with Crippen molar-refractivity contribution in [3.63, 3.8) is 0 Å². The van der Waals surface area contributed by atoms with Crippen LogP contribution in [-0.2, 0) is 10.7 Å². The fourth-order valence-electron chi connectivity index (χ4n) is 5.31. The van der Waals surface area contributed by atoms with Crippen molar-refractivity contribution in [3.8, 4) is 11.3 Å². The van der Waals surface area contributed by atoms with Gasteiger partial charge in [-0.2, -0.15) is 13.2 Å². The van der Waals surface area contributed by atoms with E-state index in [1.165, 1.54) is 12.3 Å². The number of halogens is 3. The Bertz CT molecular complexity index is 1380. The molecular weight excluding hydrogens is 504 g/mol. The van der Waals surface area contributed by atoms with Crippen LogP contribution in [0, 0.1) is 0 Å². The van der Waals surface area contributed by atoms with Gasteiger partial charge in [-0.15, -0.1) is 0 Å². The molecule has 1 saturated heterocycles. The smallest absolute Gasteiger partial charge is 0.360 e. The standard InChI is InChI=1S/C25H30F3N6O2P/c1-37(2,36)22-17-8-7-16-18(12-31-21(16)22)20-19(25(26,27)28)13-32-24(34-20)33-15-10-14(30-11-15)6-4-3-5-9-29-23(17)35/h7-8,12-15,30-31H,3-6,9-11H2,1-2H3,(H,29,35)(H,32,33,34)/t14-,15+/m0/s1. The molecule has 3 aliphatic rings. The van der Waals surface area contributed by atoms with E-state index < -0.39 is 18.9 Å². The first-order valence-corrected chi connectivity index (χ1v) is 15.0. The Morgan fingerprint density at radius 2 is 1.89 bits per heavy atom. The van der Waals surface area contributed by atoms with Crippen molar-refractivity contribution in [3.05, 3.63) is 35.7 Å². The number of hydrogen-bond acceptors (Lipinski definition) is 6. The molecule has 3 aromatic rings. The normalized spacial score (nSPS) is 21.4. The summed E-state index contributed by atoms with van der Waals surface area (Å²) >= 11 is 0. The summed E-state index contributed by atoms with van der Waals surface area (Å²) in [6.45, 7) is 4.25. The molecule has 3 aliphatic heterocycles. The second-order valence-corrected chi connectivity index (χ2v) is 13.3. The number of carbonyl (C=O) groups is 1. The maximum atomic E-state index is 14.0. The second kappa shape index (κ2) is 9.76. The zero-order valence-electron chi connectivity index (χ0n) is 20.7. The van der Waals surface area contributed by atoms with Gasteiger partial charge in [-0.05, 0) is 38.7 Å². The van der Waals surface area contributed by atoms with E-state index in [4.69, 9.17) is 0 Å². The Morgan fingerprint density at radius 3 is 2.65 bits per heavy atom. The lowest BCUT2D eigenvalue weighted by Gasteiger charge is -2.17. The molecule has 5 heterocycles. The van der Waals surface area contributed by atoms with Crippen LogP contribution in [0.4, 0.5) is 19.1 Å². The molecule has 1 amide bonds. The molecule has 37 heavy (non-hydrogen) atoms. The van der Waals surface area contributed by atoms with E-state index in [0.29, 0.717) is 35.3 Å². The SMILES string of the molecule is CP(C)(=O)c1c2ccc3c(c[nH]c13)-c1nc(ncc1C(F)(F)F)N[C@H]1CN[C@@H](CCCCCNC2=O)C1. The highest BCUT2D eigenvalue weighted by atomic mass is 31.2. The van der Waals surface area contributed by atoms with Crippen LogP contribution in [0.25, 0.3) is 22.2 Å². The van der Waals surface area contributed by atoms with Gasteiger partial charge in [-0.25, -0.2) is 9.97 Å². The maximum Gasteiger partial charge on any atom is 0.419 e. The molecule has 2 aromatic heterocycles. The Hall–Kier alpha value is -2.91. The molecule has 1 aromatic carbocycles. The van der Waals surface area contributed by atoms with Crippen LogP contribution in [0.2, 0.25) is 0 Å². The number of nitrogens with zero attached hydrogens (tertiary/aromatic N) is 2. The van der Waals surface area contributed by atoms with E-state index in [1.807, 2.05) is 0 Å². The summed E-state index contributed by atoms with van der Waals surface area (Å²) in [5.41, 5.74) is -0.406. The predicted molar refractivity (Wildman–Crippen MR) is 138 cm³/mol. The van der Waals surface area contributed by atoms with Gasteiger partial charge in [-0.3, -0.25) is 4.79 Å². The van der Waals surface area contributed by atoms with Crippen molar-refractivity contribution < 1.29 is 22.5 Å². The number of carbonyl (C=O) groups excluding carboxylic acids is 1. The quantitative estimate of drug-likeness (QED) is 0.346. The summed E-state index contributed by atoms with van der Waals surface area (Å²) in [4.78, 5) is 24.4. The van der Waals surface area contributed by atoms with Crippen molar-refractivity contribution in [2.45, 2.75) is 50.4 Å². The molecule has 0 unspecified atom stereocenters. The summed E-state index contributed by atoms with van der Waals surface area (Å²) in [5, 5.41) is 10.3. The number of aromatic amines is 1. The predicted octanol–water partition coefficient (Wildman–Crippen LogP) is 4.34. The van der Waals surface area contributed by atoms with Crippen molar-refractivity contribution >= 4 is 35.2 Å². The molecule has 198 valence electrons. The topological polar surface area (TPSA) is 112 Å². The molecule has 12 heteroatoms. The van der Waals surface area contributed by atoms with Gasteiger partial charge >= 0.3 is 6.18 Å². The van der Waals surface area contributed by atoms with Gasteiger partial charge in [0.15, 0.2) is 0 Å². The Balaban J connectivity index is 1.69. The fourth-order valence-corrected chi connectivity index (χ4v) is 6.79. The van der Waals surface area contributed by atoms with Crippen LogP contribution >= 0.6 is 7.14 Å². The molecule has 8 bridgehead atoms. The number of nitrogens with one attached hydrogen (secondary N) is 4. The molecule has 1 fully saturated rings. The van der Waals surface area contributed by atoms with Crippen molar-refractivity contribution in [2.75, 3.05) is 31.7 Å². The van der Waals surface area contributed by atoms with E-state index in [9.17, 15) is 22.5 Å². The third-order valence-electron chi connectivity index (χ3n) is 7.03. The van der Waals surface area contributed by atoms with Gasteiger partial charge in [0.25, 0.3) is 5.91 Å². The number of fused-ring (bicyclic) bond motifs is 7. The summed E-state index contributed by atoms with van der Waals surface area (Å²) < 4.78 is 55.4. The molecule has 0 spiro atoms. The Labute approximate surface area is 212 Å². The van der Waals surface area contributed by atoms with Crippen LogP contribution in [-0.4, -0.2) is 59.4 Å². The first-order valence-electron chi connectivity index (χ1n) is 12.4. The van der Waals surface area contributed by atoms with Crippen LogP contribution in [0.1, 0.15) is 48.0 Å². The number of hydrogen-bond donors (Lipinski definition) is 4. The van der Waals surface area contributed by atoms with Crippen LogP contribution in [0.3, 0.4) is 0 Å². The average molecular weight is 535 g/mol. The highest BCUT2D eigenvalue weighted by Crippen LogP contribution is 2.43. The second-order valence-electron chi connectivity index (χ2n) is 10.2. The van der Waals surface area contributed by atoms with Crippen molar-refractivity contribution in [1.82, 2.24) is 25.6 Å². The fraction of sp³-hybridized carbons (Fsp3) is 0.480. The lowest BCUT2D eigenvalue weighted by molar-refractivity contribution is -0.137. The molecule has 4 N–H and O–H groups in total. The Morgan fingerprint density at radius 1 is 1.08 bits per heavy atom. The van der Waals surface area contributed by atoms with Crippen LogP contribution in [0.5, 0.6) is 0 Å². The van der Waals surface area contributed by atoms with Gasteiger partial charge in [0.05, 0.1) is 16.8 Å². The summed E-state index contributed by atoms with van der Waals surface area (Å²) in [6.07, 6.45) is 2.10. The minimum Gasteiger partial charge on any atom is -0.360 e. The third-order valence-corrected chi connectivity index (χ3v) is 8.57. The zero-order valence-corrected chi connectivity index (χ0v) is 21.6. The number of amides is 1. The third kappa shape index (κ3) is 5.25. The first-order chi connectivity index (χ1) is 17.5. The van der Waals surface area contributed by atoms with Gasteiger partial charge in [0.2, 0.25) is 5.95 Å². The minimum absolute atomic E-state index is 0.000786. The molecule has 8 nitrogen and oxygen atoms in total. The van der Waals surface area contributed by atoms with E-state index in [0.717, 1.165) is 38.3 Å². The molecule has 0 radical (unpaired) electrons. The molecule has 0 aliphatic carbocycles. The Kier molecular flexibility index (Phi) is 6.79. The van der Waals surface area contributed by atoms with E-state index >= 15 is 0 Å². The number of alkyl halides is 3. The highest BCUT2D eigenvalue weighted by molar-refractivity contribution is 7.70. The molecule has 6 rings (SSSR count). The number of H-pyrrole nitrogens is 1. The van der Waals surface area contributed by atoms with Gasteiger partial charge in [0.1, 0.15) is 12.7 Å². The van der Waals surface area contributed by atoms with Crippen LogP contribution < -0.4 is 21.3 Å². The van der Waals surface area contributed by atoms with Gasteiger partial charge < -0.3 is 25.5 Å². The summed E-state index contributed by atoms with van der Waals surface area (Å²) in [5.74, 6) is -0.227. The monoisotopic (exact) mass is 534 g/mol. The number of rotatable bonds is 1. The van der Waals surface area contributed by atoms with Crippen LogP contribution in [0.15, 0.2) is 24.5 Å². The minimum atomic E-state index is -4.68. The lowest BCUT2D eigenvalue weighted by atomic mass is 10.0.